The van der Waals surface area contributed by atoms with Crippen LogP contribution >= 0.6 is 11.3 Å². The minimum Gasteiger partial charge on any atom is -0.361 e. The van der Waals surface area contributed by atoms with Crippen molar-refractivity contribution >= 4 is 33.8 Å². The number of rotatable bonds is 3. The third-order valence-electron chi connectivity index (χ3n) is 2.83. The predicted molar refractivity (Wildman–Crippen MR) is 75.0 cm³/mol. The highest BCUT2D eigenvalue weighted by atomic mass is 32.1. The van der Waals surface area contributed by atoms with Gasteiger partial charge >= 0.3 is 0 Å². The van der Waals surface area contributed by atoms with Crippen LogP contribution in [0.5, 0.6) is 0 Å². The van der Waals surface area contributed by atoms with Crippen molar-refractivity contribution in [2.75, 3.05) is 5.32 Å². The normalized spacial score (nSPS) is 10.7. The summed E-state index contributed by atoms with van der Waals surface area (Å²) in [4.78, 5) is 15.1. The molecule has 0 bridgehead atoms. The van der Waals surface area contributed by atoms with Crippen LogP contribution in [0.3, 0.4) is 0 Å². The Balaban J connectivity index is 1.78. The number of fused-ring (bicyclic) bond motifs is 1. The summed E-state index contributed by atoms with van der Waals surface area (Å²) in [6, 6.07) is 9.90. The molecule has 2 aromatic heterocycles. The number of amides is 1. The van der Waals surface area contributed by atoms with E-state index in [1.807, 2.05) is 47.3 Å². The first kappa shape index (κ1) is 11.0. The van der Waals surface area contributed by atoms with Gasteiger partial charge in [0.25, 0.3) is 0 Å². The lowest BCUT2D eigenvalue weighted by Crippen LogP contribution is -2.13. The molecule has 0 aliphatic heterocycles. The molecule has 0 spiro atoms. The number of nitrogens with one attached hydrogen (secondary N) is 2. The van der Waals surface area contributed by atoms with Crippen LogP contribution in [0.15, 0.2) is 47.3 Å². The second-order valence-corrected chi connectivity index (χ2v) is 4.88. The molecule has 90 valence electrons. The number of aromatic amines is 1. The highest BCUT2D eigenvalue weighted by Crippen LogP contribution is 2.19. The molecule has 0 saturated carbocycles. The summed E-state index contributed by atoms with van der Waals surface area (Å²) in [7, 11) is 0. The van der Waals surface area contributed by atoms with Crippen molar-refractivity contribution in [3.63, 3.8) is 0 Å². The molecule has 0 saturated heterocycles. The van der Waals surface area contributed by atoms with Crippen LogP contribution in [-0.2, 0) is 11.2 Å². The number of thiophene rings is 1. The standard InChI is InChI=1S/C14H12N2OS/c17-14(16-11-5-6-18-9-11)7-10-8-15-13-4-2-1-3-12(10)13/h1-6,8-9,15H,7H2,(H,16,17). The van der Waals surface area contributed by atoms with Gasteiger partial charge in [-0.05, 0) is 23.1 Å². The van der Waals surface area contributed by atoms with E-state index in [-0.39, 0.29) is 5.91 Å². The van der Waals surface area contributed by atoms with Crippen molar-refractivity contribution in [3.05, 3.63) is 52.9 Å². The molecule has 0 fully saturated rings. The Morgan fingerprint density at radius 2 is 2.17 bits per heavy atom. The van der Waals surface area contributed by atoms with Crippen LogP contribution in [0.2, 0.25) is 0 Å². The van der Waals surface area contributed by atoms with Gasteiger partial charge in [0.2, 0.25) is 5.91 Å². The van der Waals surface area contributed by atoms with E-state index in [1.165, 1.54) is 0 Å². The minimum absolute atomic E-state index is 0.0122. The van der Waals surface area contributed by atoms with Gasteiger partial charge in [-0.3, -0.25) is 4.79 Å². The van der Waals surface area contributed by atoms with Gasteiger partial charge in [0, 0.05) is 22.5 Å². The molecule has 2 heterocycles. The number of carbonyl (C=O) groups is 1. The van der Waals surface area contributed by atoms with Gasteiger partial charge in [0.05, 0.1) is 12.1 Å². The van der Waals surface area contributed by atoms with Crippen molar-refractivity contribution in [3.8, 4) is 0 Å². The Labute approximate surface area is 108 Å². The zero-order valence-electron chi connectivity index (χ0n) is 9.64. The summed E-state index contributed by atoms with van der Waals surface area (Å²) >= 11 is 1.57. The van der Waals surface area contributed by atoms with Crippen molar-refractivity contribution < 1.29 is 4.79 Å². The van der Waals surface area contributed by atoms with Gasteiger partial charge in [-0.25, -0.2) is 0 Å². The van der Waals surface area contributed by atoms with Gasteiger partial charge < -0.3 is 10.3 Å². The van der Waals surface area contributed by atoms with E-state index in [0.717, 1.165) is 22.2 Å². The number of H-pyrrole nitrogens is 1. The third-order valence-corrected chi connectivity index (χ3v) is 3.51. The van der Waals surface area contributed by atoms with E-state index in [0.29, 0.717) is 6.42 Å². The Hall–Kier alpha value is -2.07. The van der Waals surface area contributed by atoms with Crippen LogP contribution < -0.4 is 5.32 Å². The fourth-order valence-electron chi connectivity index (χ4n) is 1.99. The molecule has 2 N–H and O–H groups in total. The monoisotopic (exact) mass is 256 g/mol. The van der Waals surface area contributed by atoms with Gasteiger partial charge in [-0.15, -0.1) is 0 Å². The summed E-state index contributed by atoms with van der Waals surface area (Å²) in [5.74, 6) is 0.0122. The highest BCUT2D eigenvalue weighted by molar-refractivity contribution is 7.08. The number of anilines is 1. The Kier molecular flexibility index (Phi) is 2.86. The minimum atomic E-state index is 0.0122. The molecule has 1 amide bonds. The lowest BCUT2D eigenvalue weighted by atomic mass is 10.1. The molecule has 3 aromatic rings. The molecule has 3 nitrogen and oxygen atoms in total. The molecule has 1 aromatic carbocycles. The quantitative estimate of drug-likeness (QED) is 0.741. The number of benzene rings is 1. The van der Waals surface area contributed by atoms with Crippen molar-refractivity contribution in [1.82, 2.24) is 4.98 Å². The fourth-order valence-corrected chi connectivity index (χ4v) is 2.58. The second kappa shape index (κ2) is 4.66. The SMILES string of the molecule is O=C(Cc1c[nH]c2ccccc12)Nc1ccsc1. The molecule has 0 atom stereocenters. The summed E-state index contributed by atoms with van der Waals surface area (Å²) in [5, 5.41) is 7.86. The van der Waals surface area contributed by atoms with Gasteiger partial charge in [0.15, 0.2) is 0 Å². The van der Waals surface area contributed by atoms with Crippen LogP contribution in [0.4, 0.5) is 5.69 Å². The van der Waals surface area contributed by atoms with E-state index in [2.05, 4.69) is 10.3 Å². The Morgan fingerprint density at radius 1 is 1.28 bits per heavy atom. The number of hydrogen-bond acceptors (Lipinski definition) is 2. The predicted octanol–water partition coefficient (Wildman–Crippen LogP) is 3.41. The topological polar surface area (TPSA) is 44.9 Å². The van der Waals surface area contributed by atoms with Crippen molar-refractivity contribution in [2.45, 2.75) is 6.42 Å². The molecule has 0 aliphatic rings. The molecule has 4 heteroatoms. The molecule has 0 unspecified atom stereocenters. The maximum Gasteiger partial charge on any atom is 0.228 e. The van der Waals surface area contributed by atoms with Crippen LogP contribution in [0.25, 0.3) is 10.9 Å². The van der Waals surface area contributed by atoms with E-state index in [4.69, 9.17) is 0 Å². The second-order valence-electron chi connectivity index (χ2n) is 4.10. The third kappa shape index (κ3) is 2.15. The lowest BCUT2D eigenvalue weighted by molar-refractivity contribution is -0.115. The summed E-state index contributed by atoms with van der Waals surface area (Å²) < 4.78 is 0. The number of para-hydroxylation sites is 1. The largest absolute Gasteiger partial charge is 0.361 e. The zero-order chi connectivity index (χ0) is 12.4. The van der Waals surface area contributed by atoms with Crippen molar-refractivity contribution in [2.24, 2.45) is 0 Å². The fraction of sp³-hybridized carbons (Fsp3) is 0.0714. The van der Waals surface area contributed by atoms with E-state index in [9.17, 15) is 4.79 Å². The number of hydrogen-bond donors (Lipinski definition) is 2. The average molecular weight is 256 g/mol. The van der Waals surface area contributed by atoms with Crippen LogP contribution in [0.1, 0.15) is 5.56 Å². The molecule has 0 aliphatic carbocycles. The summed E-state index contributed by atoms with van der Waals surface area (Å²) in [6.07, 6.45) is 2.29. The van der Waals surface area contributed by atoms with E-state index >= 15 is 0 Å². The van der Waals surface area contributed by atoms with Gasteiger partial charge in [-0.1, -0.05) is 18.2 Å². The van der Waals surface area contributed by atoms with Gasteiger partial charge in [0.1, 0.15) is 0 Å². The van der Waals surface area contributed by atoms with Crippen LogP contribution in [-0.4, -0.2) is 10.9 Å². The number of carbonyl (C=O) groups excluding carboxylic acids is 1. The lowest BCUT2D eigenvalue weighted by Gasteiger charge is -2.01. The summed E-state index contributed by atoms with van der Waals surface area (Å²) in [6.45, 7) is 0. The smallest absolute Gasteiger partial charge is 0.228 e. The maximum absolute atomic E-state index is 11.9. The first-order valence-electron chi connectivity index (χ1n) is 5.70. The highest BCUT2D eigenvalue weighted by Gasteiger charge is 2.08. The number of aromatic nitrogens is 1. The molecular weight excluding hydrogens is 244 g/mol. The van der Waals surface area contributed by atoms with Crippen molar-refractivity contribution in [1.29, 1.82) is 0 Å². The first-order chi connectivity index (χ1) is 8.83. The van der Waals surface area contributed by atoms with Crippen LogP contribution in [0, 0.1) is 0 Å². The van der Waals surface area contributed by atoms with E-state index in [1.54, 1.807) is 11.3 Å². The molecule has 0 radical (unpaired) electrons. The van der Waals surface area contributed by atoms with E-state index < -0.39 is 0 Å². The Morgan fingerprint density at radius 3 is 3.00 bits per heavy atom. The van der Waals surface area contributed by atoms with Gasteiger partial charge in [-0.2, -0.15) is 11.3 Å². The zero-order valence-corrected chi connectivity index (χ0v) is 10.5. The molecule has 18 heavy (non-hydrogen) atoms. The molecular formula is C14H12N2OS. The average Bonchev–Trinajstić information content (AvgIpc) is 3.00. The molecule has 3 rings (SSSR count). The maximum atomic E-state index is 11.9. The first-order valence-corrected chi connectivity index (χ1v) is 6.64. The Bertz CT molecular complexity index is 670. The summed E-state index contributed by atoms with van der Waals surface area (Å²) in [5.41, 5.74) is 2.96.